The minimum atomic E-state index is 0.330. The molecule has 1 heteroatoms. The van der Waals surface area contributed by atoms with Gasteiger partial charge in [0.05, 0.1) is 0 Å². The smallest absolute Gasteiger partial charge is 0.00790 e. The molecule has 1 aliphatic carbocycles. The molecule has 0 aromatic heterocycles. The van der Waals surface area contributed by atoms with E-state index in [0.717, 1.165) is 13.0 Å². The van der Waals surface area contributed by atoms with Gasteiger partial charge in [-0.3, -0.25) is 0 Å². The van der Waals surface area contributed by atoms with Gasteiger partial charge in [0.25, 0.3) is 0 Å². The summed E-state index contributed by atoms with van der Waals surface area (Å²) in [5, 5.41) is 0. The Bertz CT molecular complexity index is 375. The lowest BCUT2D eigenvalue weighted by Crippen LogP contribution is -2.21. The third-order valence-corrected chi connectivity index (χ3v) is 4.00. The molecule has 2 N–H and O–H groups in total. The van der Waals surface area contributed by atoms with Crippen LogP contribution in [-0.2, 0) is 11.8 Å². The van der Waals surface area contributed by atoms with Crippen molar-refractivity contribution in [2.45, 2.75) is 51.4 Å². The van der Waals surface area contributed by atoms with Crippen LogP contribution in [0.3, 0.4) is 0 Å². The minimum Gasteiger partial charge on any atom is -0.330 e. The summed E-state index contributed by atoms with van der Waals surface area (Å²) in [4.78, 5) is 0. The molecule has 0 aliphatic heterocycles. The van der Waals surface area contributed by atoms with Crippen molar-refractivity contribution < 1.29 is 0 Å². The third kappa shape index (κ3) is 1.89. The summed E-state index contributed by atoms with van der Waals surface area (Å²) in [6.07, 6.45) is 3.67. The Hall–Kier alpha value is -0.820. The molecule has 0 atom stereocenters. The van der Waals surface area contributed by atoms with Crippen LogP contribution in [0, 0.1) is 0 Å². The Morgan fingerprint density at radius 1 is 1.31 bits per heavy atom. The molecular weight excluding hydrogens is 194 g/mol. The molecular formula is C15H23N. The van der Waals surface area contributed by atoms with Crippen LogP contribution in [0.5, 0.6) is 0 Å². The first-order valence-electron chi connectivity index (χ1n) is 6.46. The third-order valence-electron chi connectivity index (χ3n) is 4.00. The van der Waals surface area contributed by atoms with E-state index in [1.165, 1.54) is 29.5 Å². The zero-order valence-electron chi connectivity index (χ0n) is 10.7. The van der Waals surface area contributed by atoms with Gasteiger partial charge in [-0.1, -0.05) is 39.0 Å². The van der Waals surface area contributed by atoms with E-state index in [1.807, 2.05) is 0 Å². The van der Waals surface area contributed by atoms with Crippen molar-refractivity contribution >= 4 is 0 Å². The Morgan fingerprint density at radius 3 is 2.44 bits per heavy atom. The standard InChI is InChI=1S/C15H23N/c1-4-12-5-6-13(11(2)3)9-14(12)15(10-16)7-8-15/h5-6,9,11H,4,7-8,10,16H2,1-3H3. The van der Waals surface area contributed by atoms with E-state index in [0.29, 0.717) is 11.3 Å². The molecule has 16 heavy (non-hydrogen) atoms. The van der Waals surface area contributed by atoms with Gasteiger partial charge in [-0.15, -0.1) is 0 Å². The molecule has 1 aromatic rings. The van der Waals surface area contributed by atoms with Gasteiger partial charge in [-0.25, -0.2) is 0 Å². The van der Waals surface area contributed by atoms with E-state index < -0.39 is 0 Å². The molecule has 0 heterocycles. The van der Waals surface area contributed by atoms with Gasteiger partial charge in [0.15, 0.2) is 0 Å². The molecule has 2 rings (SSSR count). The fourth-order valence-corrected chi connectivity index (χ4v) is 2.49. The lowest BCUT2D eigenvalue weighted by Gasteiger charge is -2.19. The second kappa shape index (κ2) is 4.21. The monoisotopic (exact) mass is 217 g/mol. The largest absolute Gasteiger partial charge is 0.330 e. The van der Waals surface area contributed by atoms with Crippen molar-refractivity contribution in [2.24, 2.45) is 5.73 Å². The predicted molar refractivity (Wildman–Crippen MR) is 69.9 cm³/mol. The number of rotatable bonds is 4. The van der Waals surface area contributed by atoms with Gasteiger partial charge >= 0.3 is 0 Å². The molecule has 0 bridgehead atoms. The number of hydrogen-bond acceptors (Lipinski definition) is 1. The molecule has 0 unspecified atom stereocenters. The number of aryl methyl sites for hydroxylation is 1. The van der Waals surface area contributed by atoms with Crippen molar-refractivity contribution in [1.82, 2.24) is 0 Å². The van der Waals surface area contributed by atoms with Gasteiger partial charge in [0.1, 0.15) is 0 Å². The first-order chi connectivity index (χ1) is 7.63. The highest BCUT2D eigenvalue weighted by Crippen LogP contribution is 2.49. The van der Waals surface area contributed by atoms with E-state index in [2.05, 4.69) is 39.0 Å². The van der Waals surface area contributed by atoms with Crippen LogP contribution < -0.4 is 5.73 Å². The summed E-state index contributed by atoms with van der Waals surface area (Å²) in [6.45, 7) is 7.56. The highest BCUT2D eigenvalue weighted by Gasteiger charge is 2.44. The quantitative estimate of drug-likeness (QED) is 0.822. The Morgan fingerprint density at radius 2 is 2.00 bits per heavy atom. The number of nitrogens with two attached hydrogens (primary N) is 1. The summed E-state index contributed by atoms with van der Waals surface area (Å²) in [5.74, 6) is 0.609. The molecule has 0 spiro atoms. The van der Waals surface area contributed by atoms with E-state index in [9.17, 15) is 0 Å². The van der Waals surface area contributed by atoms with E-state index in [4.69, 9.17) is 5.73 Å². The molecule has 0 saturated heterocycles. The van der Waals surface area contributed by atoms with Gasteiger partial charge < -0.3 is 5.73 Å². The Kier molecular flexibility index (Phi) is 3.07. The summed E-state index contributed by atoms with van der Waals surface area (Å²) in [5.41, 5.74) is 10.8. The van der Waals surface area contributed by atoms with Crippen LogP contribution in [0.15, 0.2) is 18.2 Å². The molecule has 88 valence electrons. The van der Waals surface area contributed by atoms with E-state index in [1.54, 1.807) is 0 Å². The summed E-state index contributed by atoms with van der Waals surface area (Å²) in [6, 6.07) is 6.99. The molecule has 1 saturated carbocycles. The second-order valence-electron chi connectivity index (χ2n) is 5.41. The van der Waals surface area contributed by atoms with Crippen LogP contribution in [0.1, 0.15) is 56.2 Å². The van der Waals surface area contributed by atoms with Gasteiger partial charge in [0, 0.05) is 12.0 Å². The minimum absolute atomic E-state index is 0.330. The SMILES string of the molecule is CCc1ccc(C(C)C)cc1C1(CN)CC1. The van der Waals surface area contributed by atoms with Gasteiger partial charge in [0.2, 0.25) is 0 Å². The fourth-order valence-electron chi connectivity index (χ4n) is 2.49. The zero-order valence-corrected chi connectivity index (χ0v) is 10.7. The first-order valence-corrected chi connectivity index (χ1v) is 6.46. The maximum Gasteiger partial charge on any atom is 0.00790 e. The Labute approximate surface area is 99.0 Å². The van der Waals surface area contributed by atoms with Crippen molar-refractivity contribution in [3.63, 3.8) is 0 Å². The van der Waals surface area contributed by atoms with Crippen molar-refractivity contribution in [2.75, 3.05) is 6.54 Å². The average Bonchev–Trinajstić information content (AvgIpc) is 3.09. The molecule has 1 aromatic carbocycles. The maximum absolute atomic E-state index is 5.95. The molecule has 0 amide bonds. The molecule has 1 fully saturated rings. The molecule has 1 nitrogen and oxygen atoms in total. The number of benzene rings is 1. The van der Waals surface area contributed by atoms with Crippen LogP contribution in [0.2, 0.25) is 0 Å². The average molecular weight is 217 g/mol. The highest BCUT2D eigenvalue weighted by atomic mass is 14.7. The number of hydrogen-bond donors (Lipinski definition) is 1. The molecule has 0 radical (unpaired) electrons. The van der Waals surface area contributed by atoms with Crippen molar-refractivity contribution in [3.05, 3.63) is 34.9 Å². The fraction of sp³-hybridized carbons (Fsp3) is 0.600. The maximum atomic E-state index is 5.95. The Balaban J connectivity index is 2.44. The lowest BCUT2D eigenvalue weighted by atomic mass is 9.87. The lowest BCUT2D eigenvalue weighted by molar-refractivity contribution is 0.690. The summed E-state index contributed by atoms with van der Waals surface area (Å²) in [7, 11) is 0. The van der Waals surface area contributed by atoms with E-state index >= 15 is 0 Å². The summed E-state index contributed by atoms with van der Waals surface area (Å²) >= 11 is 0. The zero-order chi connectivity index (χ0) is 11.8. The topological polar surface area (TPSA) is 26.0 Å². The van der Waals surface area contributed by atoms with Crippen LogP contribution in [0.25, 0.3) is 0 Å². The van der Waals surface area contributed by atoms with E-state index in [-0.39, 0.29) is 0 Å². The highest BCUT2D eigenvalue weighted by molar-refractivity contribution is 5.42. The summed E-state index contributed by atoms with van der Waals surface area (Å²) < 4.78 is 0. The van der Waals surface area contributed by atoms with Crippen LogP contribution in [0.4, 0.5) is 0 Å². The van der Waals surface area contributed by atoms with Crippen LogP contribution >= 0.6 is 0 Å². The van der Waals surface area contributed by atoms with Crippen molar-refractivity contribution in [1.29, 1.82) is 0 Å². The van der Waals surface area contributed by atoms with Crippen molar-refractivity contribution in [3.8, 4) is 0 Å². The predicted octanol–water partition coefficient (Wildman–Crippen LogP) is 3.36. The molecule has 1 aliphatic rings. The second-order valence-corrected chi connectivity index (χ2v) is 5.41. The first kappa shape index (κ1) is 11.7. The van der Waals surface area contributed by atoms with Crippen LogP contribution in [-0.4, -0.2) is 6.54 Å². The van der Waals surface area contributed by atoms with Gasteiger partial charge in [-0.2, -0.15) is 0 Å². The van der Waals surface area contributed by atoms with Gasteiger partial charge in [-0.05, 0) is 41.9 Å². The normalized spacial score (nSPS) is 17.8.